The molecule has 49 heavy (non-hydrogen) atoms. The zero-order chi connectivity index (χ0) is 37.6. The zero-order valence-electron chi connectivity index (χ0n) is 29.3. The average molecular weight is 676 g/mol. The molecule has 0 fully saturated rings. The van der Waals surface area contributed by atoms with Crippen LogP contribution in [0.4, 0.5) is 17.1 Å². The highest BCUT2D eigenvalue weighted by molar-refractivity contribution is 5.86. The van der Waals surface area contributed by atoms with Crippen LogP contribution in [0.1, 0.15) is 105 Å². The Hall–Kier alpha value is -5.59. The van der Waals surface area contributed by atoms with Gasteiger partial charge in [0.05, 0.1) is 20.8 Å². The number of aldehydes is 2. The number of nitrogens with zero attached hydrogens (tertiary/aromatic N) is 3. The molecule has 4 rings (SSSR count). The van der Waals surface area contributed by atoms with Crippen molar-refractivity contribution >= 4 is 40.6 Å². The van der Waals surface area contributed by atoms with Crippen LogP contribution in [-0.4, -0.2) is 27.3 Å². The Labute approximate surface area is 283 Å². The first-order valence-electron chi connectivity index (χ1n) is 15.1. The monoisotopic (exact) mass is 675 g/mol. The van der Waals surface area contributed by atoms with Gasteiger partial charge in [0.25, 0.3) is 17.1 Å². The van der Waals surface area contributed by atoms with E-state index < -0.39 is 37.2 Å². The number of para-hydroxylation sites is 1. The highest BCUT2D eigenvalue weighted by Gasteiger charge is 2.39. The maximum atomic E-state index is 11.2. The van der Waals surface area contributed by atoms with Crippen molar-refractivity contribution in [3.8, 4) is 0 Å². The zero-order valence-corrected chi connectivity index (χ0v) is 29.3. The van der Waals surface area contributed by atoms with E-state index in [1.165, 1.54) is 13.0 Å². The van der Waals surface area contributed by atoms with E-state index in [1.54, 1.807) is 39.0 Å². The van der Waals surface area contributed by atoms with Crippen LogP contribution in [0.15, 0.2) is 63.8 Å². The molecule has 0 bridgehead atoms. The largest absolute Gasteiger partial charge is 0.423 e. The molecule has 1 aromatic heterocycles. The van der Waals surface area contributed by atoms with Crippen molar-refractivity contribution in [3.63, 3.8) is 0 Å². The minimum absolute atomic E-state index is 0.113. The van der Waals surface area contributed by atoms with Crippen molar-refractivity contribution < 1.29 is 28.8 Å². The molecule has 3 aromatic carbocycles. The molecule has 0 aliphatic heterocycles. The maximum absolute atomic E-state index is 11.2. The molecule has 260 valence electrons. The van der Waals surface area contributed by atoms with Gasteiger partial charge in [0.15, 0.2) is 0 Å². The minimum Gasteiger partial charge on any atom is -0.423 e. The van der Waals surface area contributed by atoms with Gasteiger partial charge in [0.2, 0.25) is 0 Å². The third kappa shape index (κ3) is 9.72. The summed E-state index contributed by atoms with van der Waals surface area (Å²) in [7, 11) is 0. The van der Waals surface area contributed by atoms with E-state index in [1.807, 2.05) is 24.3 Å². The third-order valence-electron chi connectivity index (χ3n) is 7.45. The summed E-state index contributed by atoms with van der Waals surface area (Å²) < 4.78 is 4.91. The molecule has 0 unspecified atom stereocenters. The Bertz CT molecular complexity index is 1930. The molecular formula is C36H41N3O10. The Balaban J connectivity index is 0.000000264. The van der Waals surface area contributed by atoms with Crippen LogP contribution in [0.2, 0.25) is 0 Å². The van der Waals surface area contributed by atoms with E-state index in [0.717, 1.165) is 35.2 Å². The Morgan fingerprint density at radius 2 is 1.12 bits per heavy atom. The summed E-state index contributed by atoms with van der Waals surface area (Å²) in [6, 6.07) is 15.1. The van der Waals surface area contributed by atoms with Crippen molar-refractivity contribution in [1.29, 1.82) is 0 Å². The first-order valence-corrected chi connectivity index (χ1v) is 15.1. The number of carbonyl (C=O) groups excluding carboxylic acids is 2. The van der Waals surface area contributed by atoms with Gasteiger partial charge in [-0.3, -0.25) is 39.9 Å². The van der Waals surface area contributed by atoms with Gasteiger partial charge in [-0.25, -0.2) is 4.79 Å². The predicted octanol–water partition coefficient (Wildman–Crippen LogP) is 8.72. The van der Waals surface area contributed by atoms with E-state index in [-0.39, 0.29) is 27.6 Å². The van der Waals surface area contributed by atoms with E-state index in [2.05, 4.69) is 41.5 Å². The third-order valence-corrected chi connectivity index (χ3v) is 7.45. The summed E-state index contributed by atoms with van der Waals surface area (Å²) in [5.74, 6) is 0. The molecular weight excluding hydrogens is 634 g/mol. The smallest absolute Gasteiger partial charge is 0.336 e. The van der Waals surface area contributed by atoms with Gasteiger partial charge in [0, 0.05) is 28.0 Å². The predicted molar refractivity (Wildman–Crippen MR) is 187 cm³/mol. The number of rotatable bonds is 5. The molecule has 13 heteroatoms. The maximum Gasteiger partial charge on any atom is 0.336 e. The Morgan fingerprint density at radius 3 is 1.53 bits per heavy atom. The fraction of sp³-hybridized carbons (Fsp3) is 0.361. The van der Waals surface area contributed by atoms with Crippen LogP contribution < -0.4 is 5.63 Å². The van der Waals surface area contributed by atoms with Gasteiger partial charge in [-0.05, 0) is 47.1 Å². The molecule has 0 N–H and O–H groups in total. The van der Waals surface area contributed by atoms with Crippen LogP contribution in [-0.2, 0) is 16.2 Å². The van der Waals surface area contributed by atoms with E-state index in [9.17, 15) is 44.7 Å². The lowest BCUT2D eigenvalue weighted by molar-refractivity contribution is -0.405. The van der Waals surface area contributed by atoms with Crippen molar-refractivity contribution in [3.05, 3.63) is 129 Å². The van der Waals surface area contributed by atoms with Gasteiger partial charge >= 0.3 is 5.63 Å². The Kier molecular flexibility index (Phi) is 12.2. The van der Waals surface area contributed by atoms with Crippen LogP contribution in [0.25, 0.3) is 11.0 Å². The first-order chi connectivity index (χ1) is 22.4. The summed E-state index contributed by atoms with van der Waals surface area (Å²) >= 11 is 0. The molecule has 0 saturated carbocycles. The first kappa shape index (κ1) is 39.6. The number of hydrogen-bond donors (Lipinski definition) is 0. The molecule has 0 saturated heterocycles. The quantitative estimate of drug-likeness (QED) is 0.0854. The number of nitro groups is 3. The molecule has 0 aliphatic carbocycles. The van der Waals surface area contributed by atoms with Crippen molar-refractivity contribution in [1.82, 2.24) is 0 Å². The van der Waals surface area contributed by atoms with Crippen LogP contribution >= 0.6 is 0 Å². The summed E-state index contributed by atoms with van der Waals surface area (Å²) in [4.78, 5) is 63.8. The van der Waals surface area contributed by atoms with Gasteiger partial charge < -0.3 is 4.42 Å². The van der Waals surface area contributed by atoms with Gasteiger partial charge in [-0.15, -0.1) is 0 Å². The number of hydrogen-bond acceptors (Lipinski definition) is 10. The highest BCUT2D eigenvalue weighted by Crippen LogP contribution is 2.44. The summed E-state index contributed by atoms with van der Waals surface area (Å²) in [5.41, 5.74) is 0.308. The van der Waals surface area contributed by atoms with Gasteiger partial charge in [-0.2, -0.15) is 0 Å². The molecule has 13 nitrogen and oxygen atoms in total. The SMILES string of the molecule is CC(C)(C)c1cc(C(C)(C)C)c(C=O)cc1C=O.Cc1c([N+](=O)[O-])cc([N+](=O)[O-])c(C(C)(C)C)c1[N+](=O)[O-].O=c1ccc2ccccc2o1. The fourth-order valence-electron chi connectivity index (χ4n) is 5.18. The lowest BCUT2D eigenvalue weighted by Crippen LogP contribution is -2.20. The number of nitro benzene ring substituents is 3. The molecule has 0 radical (unpaired) electrons. The topological polar surface area (TPSA) is 194 Å². The number of fused-ring (bicyclic) bond motifs is 1. The van der Waals surface area contributed by atoms with Crippen LogP contribution in [0.5, 0.6) is 0 Å². The van der Waals surface area contributed by atoms with Crippen molar-refractivity contribution in [2.75, 3.05) is 0 Å². The normalized spacial score (nSPS) is 11.4. The second kappa shape index (κ2) is 15.1. The highest BCUT2D eigenvalue weighted by atomic mass is 16.6. The number of benzene rings is 3. The molecule has 4 aromatic rings. The van der Waals surface area contributed by atoms with Crippen LogP contribution in [0, 0.1) is 37.3 Å². The second-order valence-electron chi connectivity index (χ2n) is 14.3. The molecule has 0 amide bonds. The average Bonchev–Trinajstić information content (AvgIpc) is 2.98. The van der Waals surface area contributed by atoms with Gasteiger partial charge in [-0.1, -0.05) is 86.6 Å². The van der Waals surface area contributed by atoms with Crippen LogP contribution in [0.3, 0.4) is 0 Å². The van der Waals surface area contributed by atoms with E-state index >= 15 is 0 Å². The Morgan fingerprint density at radius 1 is 0.633 bits per heavy atom. The lowest BCUT2D eigenvalue weighted by atomic mass is 9.77. The summed E-state index contributed by atoms with van der Waals surface area (Å²) in [5, 5.41) is 34.1. The standard InChI is InChI=1S/C16H22O2.C11H13N3O6.C9H6O2/c1-15(2,3)13-8-14(16(4,5)6)12(10-18)7-11(13)9-17;1-6-7(12(15)16)5-8(13(17)18)9(11(2,3)4)10(6)14(19)20;10-9-6-5-7-3-1-2-4-8(7)11-9/h7-10H,1-6H3;5H,1-4H3;1-6H. The molecule has 1 heterocycles. The summed E-state index contributed by atoms with van der Waals surface area (Å²) in [6.45, 7) is 18.4. The van der Waals surface area contributed by atoms with E-state index in [4.69, 9.17) is 4.42 Å². The molecule has 0 spiro atoms. The van der Waals surface area contributed by atoms with Crippen molar-refractivity contribution in [2.24, 2.45) is 0 Å². The fourth-order valence-corrected chi connectivity index (χ4v) is 5.18. The molecule has 0 atom stereocenters. The molecule has 0 aliphatic rings. The van der Waals surface area contributed by atoms with Gasteiger partial charge in [0.1, 0.15) is 29.3 Å². The minimum atomic E-state index is -0.898. The lowest BCUT2D eigenvalue weighted by Gasteiger charge is -2.27. The number of carbonyl (C=O) groups is 2. The second-order valence-corrected chi connectivity index (χ2v) is 14.3. The van der Waals surface area contributed by atoms with Crippen molar-refractivity contribution in [2.45, 2.75) is 85.5 Å². The van der Waals surface area contributed by atoms with E-state index in [0.29, 0.717) is 16.7 Å². The summed E-state index contributed by atoms with van der Waals surface area (Å²) in [6.07, 6.45) is 1.67.